The molecule has 1 amide bonds. The summed E-state index contributed by atoms with van der Waals surface area (Å²) < 4.78 is 5.51. The van der Waals surface area contributed by atoms with Gasteiger partial charge in [0.05, 0.1) is 0 Å². The molecule has 0 radical (unpaired) electrons. The van der Waals surface area contributed by atoms with E-state index in [-0.39, 0.29) is 6.09 Å². The highest BCUT2D eigenvalue weighted by Gasteiger charge is 2.30. The standard InChI is InChI=1S/C17H32N2O2S/c1-17(2,3)21-16(20)19-10-6-8-14(12-19)18-13-7-5-9-15(11-13)22-4/h13-15,18H,5-12H2,1-4H3. The zero-order valence-corrected chi connectivity index (χ0v) is 15.4. The van der Waals surface area contributed by atoms with Gasteiger partial charge in [0, 0.05) is 30.4 Å². The smallest absolute Gasteiger partial charge is 0.410 e. The van der Waals surface area contributed by atoms with Crippen molar-refractivity contribution in [2.24, 2.45) is 0 Å². The predicted octanol–water partition coefficient (Wildman–Crippen LogP) is 3.65. The van der Waals surface area contributed by atoms with Gasteiger partial charge in [-0.15, -0.1) is 0 Å². The number of nitrogens with one attached hydrogen (secondary N) is 1. The Morgan fingerprint density at radius 2 is 1.91 bits per heavy atom. The average molecular weight is 329 g/mol. The molecule has 0 aromatic carbocycles. The number of thioether (sulfide) groups is 1. The number of nitrogens with zero attached hydrogens (tertiary/aromatic N) is 1. The summed E-state index contributed by atoms with van der Waals surface area (Å²) in [5, 5.41) is 4.61. The summed E-state index contributed by atoms with van der Waals surface area (Å²) in [4.78, 5) is 14.1. The lowest BCUT2D eigenvalue weighted by Crippen LogP contribution is -2.52. The number of piperidine rings is 1. The van der Waals surface area contributed by atoms with Gasteiger partial charge in [-0.3, -0.25) is 0 Å². The summed E-state index contributed by atoms with van der Waals surface area (Å²) in [6.45, 7) is 7.39. The van der Waals surface area contributed by atoms with E-state index in [1.807, 2.05) is 37.4 Å². The lowest BCUT2D eigenvalue weighted by Gasteiger charge is -2.38. The van der Waals surface area contributed by atoms with Crippen molar-refractivity contribution in [2.75, 3.05) is 19.3 Å². The van der Waals surface area contributed by atoms with Crippen LogP contribution in [0, 0.1) is 0 Å². The molecule has 2 fully saturated rings. The molecular weight excluding hydrogens is 296 g/mol. The van der Waals surface area contributed by atoms with Crippen LogP contribution in [0.4, 0.5) is 4.79 Å². The summed E-state index contributed by atoms with van der Waals surface area (Å²) in [6.07, 6.45) is 9.52. The van der Waals surface area contributed by atoms with E-state index in [1.165, 1.54) is 32.1 Å². The topological polar surface area (TPSA) is 41.6 Å². The van der Waals surface area contributed by atoms with E-state index >= 15 is 0 Å². The van der Waals surface area contributed by atoms with Crippen molar-refractivity contribution in [1.29, 1.82) is 0 Å². The number of hydrogen-bond donors (Lipinski definition) is 1. The lowest BCUT2D eigenvalue weighted by molar-refractivity contribution is 0.0181. The van der Waals surface area contributed by atoms with E-state index in [2.05, 4.69) is 11.6 Å². The Bertz CT molecular complexity index is 370. The maximum Gasteiger partial charge on any atom is 0.410 e. The Labute approximate surface area is 139 Å². The molecule has 0 spiro atoms. The number of carbonyl (C=O) groups is 1. The molecule has 0 aromatic heterocycles. The number of carbonyl (C=O) groups excluding carboxylic acids is 1. The highest BCUT2D eigenvalue weighted by atomic mass is 32.2. The summed E-state index contributed by atoms with van der Waals surface area (Å²) >= 11 is 2.00. The molecule has 3 unspecified atom stereocenters. The van der Waals surface area contributed by atoms with Gasteiger partial charge in [-0.1, -0.05) is 6.42 Å². The second-order valence-electron chi connectivity index (χ2n) is 7.65. The summed E-state index contributed by atoms with van der Waals surface area (Å²) in [5.41, 5.74) is -0.410. The molecule has 3 atom stereocenters. The average Bonchev–Trinajstić information content (AvgIpc) is 2.46. The Hall–Kier alpha value is -0.420. The summed E-state index contributed by atoms with van der Waals surface area (Å²) in [6, 6.07) is 1.04. The van der Waals surface area contributed by atoms with E-state index < -0.39 is 5.60 Å². The third kappa shape index (κ3) is 5.65. The Morgan fingerprint density at radius 1 is 1.18 bits per heavy atom. The number of likely N-dealkylation sites (tertiary alicyclic amines) is 1. The first-order valence-corrected chi connectivity index (χ1v) is 9.93. The molecule has 1 saturated carbocycles. The van der Waals surface area contributed by atoms with Gasteiger partial charge in [-0.05, 0) is 59.1 Å². The lowest BCUT2D eigenvalue weighted by atomic mass is 9.93. The maximum atomic E-state index is 12.2. The zero-order chi connectivity index (χ0) is 16.2. The predicted molar refractivity (Wildman–Crippen MR) is 93.5 cm³/mol. The Balaban J connectivity index is 1.81. The van der Waals surface area contributed by atoms with E-state index in [0.717, 1.165) is 24.8 Å². The van der Waals surface area contributed by atoms with Crippen LogP contribution in [0.5, 0.6) is 0 Å². The number of hydrogen-bond acceptors (Lipinski definition) is 4. The summed E-state index contributed by atoms with van der Waals surface area (Å²) in [7, 11) is 0. The van der Waals surface area contributed by atoms with Gasteiger partial charge in [-0.25, -0.2) is 4.79 Å². The molecule has 22 heavy (non-hydrogen) atoms. The molecule has 4 nitrogen and oxygen atoms in total. The van der Waals surface area contributed by atoms with Crippen molar-refractivity contribution in [3.8, 4) is 0 Å². The molecule has 0 bridgehead atoms. The van der Waals surface area contributed by atoms with Gasteiger partial charge in [0.25, 0.3) is 0 Å². The summed E-state index contributed by atoms with van der Waals surface area (Å²) in [5.74, 6) is 0. The van der Waals surface area contributed by atoms with Crippen LogP contribution in [0.1, 0.15) is 59.3 Å². The van der Waals surface area contributed by atoms with Crippen LogP contribution < -0.4 is 5.32 Å². The first-order chi connectivity index (χ1) is 10.4. The molecule has 0 aromatic rings. The molecule has 1 saturated heterocycles. The van der Waals surface area contributed by atoms with Gasteiger partial charge in [-0.2, -0.15) is 11.8 Å². The van der Waals surface area contributed by atoms with Gasteiger partial charge >= 0.3 is 6.09 Å². The molecule has 1 aliphatic heterocycles. The van der Waals surface area contributed by atoms with E-state index in [9.17, 15) is 4.79 Å². The van der Waals surface area contributed by atoms with Crippen LogP contribution in [-0.2, 0) is 4.74 Å². The maximum absolute atomic E-state index is 12.2. The minimum atomic E-state index is -0.410. The van der Waals surface area contributed by atoms with Crippen molar-refractivity contribution >= 4 is 17.9 Å². The molecule has 2 rings (SSSR count). The van der Waals surface area contributed by atoms with E-state index in [0.29, 0.717) is 12.1 Å². The minimum absolute atomic E-state index is 0.162. The quantitative estimate of drug-likeness (QED) is 0.858. The number of rotatable bonds is 3. The highest BCUT2D eigenvalue weighted by Crippen LogP contribution is 2.27. The molecule has 1 heterocycles. The van der Waals surface area contributed by atoms with E-state index in [4.69, 9.17) is 4.74 Å². The van der Waals surface area contributed by atoms with Crippen LogP contribution in [0.25, 0.3) is 0 Å². The van der Waals surface area contributed by atoms with Crippen molar-refractivity contribution < 1.29 is 9.53 Å². The van der Waals surface area contributed by atoms with Crippen molar-refractivity contribution in [3.63, 3.8) is 0 Å². The molecule has 1 N–H and O–H groups in total. The fourth-order valence-electron chi connectivity index (χ4n) is 3.45. The third-order valence-corrected chi connectivity index (χ3v) is 5.60. The second kappa shape index (κ2) is 7.91. The SMILES string of the molecule is CSC1CCCC(NC2CCCN(C(=O)OC(C)(C)C)C2)C1. The van der Waals surface area contributed by atoms with Crippen LogP contribution in [0.15, 0.2) is 0 Å². The minimum Gasteiger partial charge on any atom is -0.444 e. The molecule has 128 valence electrons. The van der Waals surface area contributed by atoms with Crippen LogP contribution >= 0.6 is 11.8 Å². The fraction of sp³-hybridized carbons (Fsp3) is 0.941. The highest BCUT2D eigenvalue weighted by molar-refractivity contribution is 7.99. The van der Waals surface area contributed by atoms with E-state index in [1.54, 1.807) is 0 Å². The first-order valence-electron chi connectivity index (χ1n) is 8.64. The van der Waals surface area contributed by atoms with Gasteiger partial charge < -0.3 is 15.0 Å². The zero-order valence-electron chi connectivity index (χ0n) is 14.6. The third-order valence-electron chi connectivity index (χ3n) is 4.50. The molecule has 2 aliphatic rings. The monoisotopic (exact) mass is 328 g/mol. The first kappa shape index (κ1) is 17.9. The van der Waals surface area contributed by atoms with Crippen LogP contribution in [-0.4, -0.2) is 53.3 Å². The van der Waals surface area contributed by atoms with Crippen LogP contribution in [0.2, 0.25) is 0 Å². The second-order valence-corrected chi connectivity index (χ2v) is 8.79. The molecule has 5 heteroatoms. The fourth-order valence-corrected chi connectivity index (χ4v) is 4.28. The van der Waals surface area contributed by atoms with Crippen molar-refractivity contribution in [1.82, 2.24) is 10.2 Å². The molecule has 1 aliphatic carbocycles. The number of ether oxygens (including phenoxy) is 1. The van der Waals surface area contributed by atoms with Crippen LogP contribution in [0.3, 0.4) is 0 Å². The van der Waals surface area contributed by atoms with Gasteiger partial charge in [0.15, 0.2) is 0 Å². The van der Waals surface area contributed by atoms with Gasteiger partial charge in [0.1, 0.15) is 5.60 Å². The van der Waals surface area contributed by atoms with Crippen molar-refractivity contribution in [2.45, 2.75) is 82.2 Å². The number of amides is 1. The Kier molecular flexibility index (Phi) is 6.45. The Morgan fingerprint density at radius 3 is 2.59 bits per heavy atom. The molecular formula is C17H32N2O2S. The van der Waals surface area contributed by atoms with Crippen molar-refractivity contribution in [3.05, 3.63) is 0 Å². The normalized spacial score (nSPS) is 30.2. The largest absolute Gasteiger partial charge is 0.444 e. The van der Waals surface area contributed by atoms with Gasteiger partial charge in [0.2, 0.25) is 0 Å².